The van der Waals surface area contributed by atoms with Crippen LogP contribution in [-0.4, -0.2) is 15.9 Å². The van der Waals surface area contributed by atoms with E-state index in [9.17, 15) is 9.90 Å². The van der Waals surface area contributed by atoms with Crippen LogP contribution in [0.1, 0.15) is 119 Å². The summed E-state index contributed by atoms with van der Waals surface area (Å²) in [5, 5.41) is 14.8. The van der Waals surface area contributed by atoms with E-state index in [0.717, 1.165) is 54.3 Å². The number of hydrogen-bond acceptors (Lipinski definition) is 4. The summed E-state index contributed by atoms with van der Waals surface area (Å²) in [4.78, 5) is 17.3. The molecule has 0 aliphatic carbocycles. The molecular formula is C47H60IrNO2S-. The second kappa shape index (κ2) is 17.8. The van der Waals surface area contributed by atoms with Crippen LogP contribution in [-0.2, 0) is 36.7 Å². The first-order valence-electron chi connectivity index (χ1n) is 18.9. The smallest absolute Gasteiger partial charge is 0.164 e. The SMILES string of the molecule is CCC(C)(CC)C(=O)/C=C(\O)C(C)(CC)CC.Cc1csc2c(-c3ccc(CC(C)C)cc3)cc(-c3[c-]c4ccccc4c(C(C)(C)C)c3)nc12.[Ir]. The predicted octanol–water partition coefficient (Wildman–Crippen LogP) is 14.0. The number of thiophene rings is 1. The summed E-state index contributed by atoms with van der Waals surface area (Å²) in [5.74, 6) is 0.944. The first-order valence-corrected chi connectivity index (χ1v) is 19.8. The number of rotatable bonds is 11. The Kier molecular flexibility index (Phi) is 14.8. The molecule has 0 aliphatic rings. The normalized spacial score (nSPS) is 12.5. The number of aliphatic hydroxyl groups is 1. The number of benzene rings is 3. The number of allylic oxidation sites excluding steroid dienone is 2. The summed E-state index contributed by atoms with van der Waals surface area (Å²) in [6.45, 7) is 25.6. The summed E-state index contributed by atoms with van der Waals surface area (Å²) >= 11 is 1.79. The monoisotopic (exact) mass is 895 g/mol. The van der Waals surface area contributed by atoms with E-state index >= 15 is 0 Å². The topological polar surface area (TPSA) is 50.2 Å². The molecule has 1 N–H and O–H groups in total. The van der Waals surface area contributed by atoms with E-state index in [1.807, 2.05) is 41.5 Å². The summed E-state index contributed by atoms with van der Waals surface area (Å²) < 4.78 is 1.26. The average molecular weight is 895 g/mol. The number of nitrogens with zero attached hydrogens (tertiary/aromatic N) is 1. The van der Waals surface area contributed by atoms with Gasteiger partial charge in [-0.2, -0.15) is 0 Å². The van der Waals surface area contributed by atoms with E-state index in [1.54, 1.807) is 11.3 Å². The summed E-state index contributed by atoms with van der Waals surface area (Å²) in [6.07, 6.45) is 5.86. The summed E-state index contributed by atoms with van der Waals surface area (Å²) in [6, 6.07) is 25.9. The number of aliphatic hydroxyl groups excluding tert-OH is 1. The zero-order valence-corrected chi connectivity index (χ0v) is 36.8. The summed E-state index contributed by atoms with van der Waals surface area (Å²) in [5.41, 5.74) is 9.05. The van der Waals surface area contributed by atoms with Crippen LogP contribution in [0.4, 0.5) is 0 Å². The Labute approximate surface area is 331 Å². The maximum atomic E-state index is 12.2. The Balaban J connectivity index is 0.000000347. The van der Waals surface area contributed by atoms with Gasteiger partial charge in [-0.1, -0.05) is 136 Å². The van der Waals surface area contributed by atoms with Crippen LogP contribution in [0.25, 0.3) is 43.4 Å². The van der Waals surface area contributed by atoms with Crippen LogP contribution >= 0.6 is 11.3 Å². The van der Waals surface area contributed by atoms with E-state index in [2.05, 4.69) is 114 Å². The van der Waals surface area contributed by atoms with Crippen LogP contribution in [0.2, 0.25) is 0 Å². The molecule has 0 aliphatic heterocycles. The van der Waals surface area contributed by atoms with Crippen LogP contribution in [0.3, 0.4) is 0 Å². The van der Waals surface area contributed by atoms with Gasteiger partial charge in [-0.25, -0.2) is 0 Å². The molecule has 52 heavy (non-hydrogen) atoms. The van der Waals surface area contributed by atoms with Gasteiger partial charge in [-0.15, -0.1) is 40.5 Å². The molecule has 0 atom stereocenters. The van der Waals surface area contributed by atoms with Crippen LogP contribution < -0.4 is 0 Å². The van der Waals surface area contributed by atoms with Crippen LogP contribution in [0.15, 0.2) is 77.9 Å². The predicted molar refractivity (Wildman–Crippen MR) is 222 cm³/mol. The molecule has 0 fully saturated rings. The second-order valence-corrected chi connectivity index (χ2v) is 17.1. The van der Waals surface area contributed by atoms with E-state index in [1.165, 1.54) is 44.0 Å². The van der Waals surface area contributed by atoms with Gasteiger partial charge in [-0.05, 0) is 78.0 Å². The van der Waals surface area contributed by atoms with Crippen molar-refractivity contribution in [3.63, 3.8) is 0 Å². The van der Waals surface area contributed by atoms with Gasteiger partial charge in [0, 0.05) is 42.7 Å². The van der Waals surface area contributed by atoms with Gasteiger partial charge in [0.25, 0.3) is 0 Å². The molecule has 1 radical (unpaired) electrons. The average Bonchev–Trinajstić information content (AvgIpc) is 3.49. The van der Waals surface area contributed by atoms with Crippen molar-refractivity contribution >= 4 is 38.1 Å². The molecule has 0 saturated carbocycles. The number of ketones is 1. The Bertz CT molecular complexity index is 1990. The van der Waals surface area contributed by atoms with E-state index in [4.69, 9.17) is 4.98 Å². The van der Waals surface area contributed by atoms with E-state index in [0.29, 0.717) is 5.92 Å². The molecule has 0 amide bonds. The molecule has 281 valence electrons. The molecule has 0 saturated heterocycles. The number of carbonyl (C=O) groups is 1. The number of aryl methyl sites for hydroxylation is 1. The van der Waals surface area contributed by atoms with Crippen molar-refractivity contribution in [1.29, 1.82) is 0 Å². The van der Waals surface area contributed by atoms with Crippen molar-refractivity contribution in [3.8, 4) is 22.4 Å². The number of pyridine rings is 1. The molecule has 5 heteroatoms. The first-order chi connectivity index (χ1) is 24.0. The van der Waals surface area contributed by atoms with Gasteiger partial charge in [-0.3, -0.25) is 9.78 Å². The minimum Gasteiger partial charge on any atom is -0.512 e. The molecule has 5 aromatic rings. The van der Waals surface area contributed by atoms with Gasteiger partial charge < -0.3 is 5.11 Å². The third-order valence-corrected chi connectivity index (χ3v) is 12.2. The van der Waals surface area contributed by atoms with Crippen molar-refractivity contribution in [3.05, 3.63) is 101 Å². The van der Waals surface area contributed by atoms with Gasteiger partial charge >= 0.3 is 0 Å². The van der Waals surface area contributed by atoms with Crippen molar-refractivity contribution in [1.82, 2.24) is 4.98 Å². The number of hydrogen-bond donors (Lipinski definition) is 1. The van der Waals surface area contributed by atoms with E-state index in [-0.39, 0.29) is 47.9 Å². The minimum absolute atomic E-state index is 0. The fourth-order valence-electron chi connectivity index (χ4n) is 6.44. The largest absolute Gasteiger partial charge is 0.512 e. The van der Waals surface area contributed by atoms with Crippen LogP contribution in [0.5, 0.6) is 0 Å². The molecule has 0 unspecified atom stereocenters. The van der Waals surface area contributed by atoms with Gasteiger partial charge in [0.15, 0.2) is 5.78 Å². The fraction of sp³-hybridized carbons (Fsp3) is 0.447. The molecule has 0 spiro atoms. The molecule has 2 heterocycles. The van der Waals surface area contributed by atoms with Crippen molar-refractivity contribution < 1.29 is 30.0 Å². The Morgan fingerprint density at radius 3 is 2.04 bits per heavy atom. The molecule has 3 aromatic carbocycles. The van der Waals surface area contributed by atoms with Crippen LogP contribution in [0, 0.1) is 29.7 Å². The van der Waals surface area contributed by atoms with Gasteiger partial charge in [0.05, 0.1) is 10.2 Å². The molecule has 3 nitrogen and oxygen atoms in total. The third kappa shape index (κ3) is 9.70. The standard InChI is InChI=1S/C32H32NS.C15H28O2.Ir/c1-20(2)15-22-11-13-23(14-12-22)27-18-29(33-30-21(3)19-34-31(27)30)25-16-24-9-7-8-10-26(24)28(17-25)32(4,5)6;1-7-14(5,8-2)12(16)11-13(17)15(6,9-3)10-4;/h7-14,17-20H,15H2,1-6H3;11,16H,7-10H2,1-6H3;/q-1;;/b;12-11-;. The fourth-order valence-corrected chi connectivity index (χ4v) is 7.47. The maximum absolute atomic E-state index is 12.2. The molecule has 2 aromatic heterocycles. The Hall–Kier alpha value is -3.11. The Morgan fingerprint density at radius 2 is 1.48 bits per heavy atom. The molecular weight excluding hydrogens is 835 g/mol. The molecule has 0 bridgehead atoms. The zero-order valence-electron chi connectivity index (χ0n) is 33.6. The van der Waals surface area contributed by atoms with E-state index < -0.39 is 0 Å². The Morgan fingerprint density at radius 1 is 0.885 bits per heavy atom. The number of carbonyl (C=O) groups excluding carboxylic acids is 1. The van der Waals surface area contributed by atoms with Crippen molar-refractivity contribution in [2.45, 2.75) is 121 Å². The third-order valence-electron chi connectivity index (χ3n) is 11.1. The first kappa shape index (κ1) is 43.3. The number of aromatic nitrogens is 1. The second-order valence-electron chi connectivity index (χ2n) is 16.3. The van der Waals surface area contributed by atoms with Gasteiger partial charge in [0.2, 0.25) is 0 Å². The zero-order chi connectivity index (χ0) is 37.7. The van der Waals surface area contributed by atoms with Crippen molar-refractivity contribution in [2.75, 3.05) is 0 Å². The summed E-state index contributed by atoms with van der Waals surface area (Å²) in [7, 11) is 0. The molecule has 5 rings (SSSR count). The minimum atomic E-state index is -0.337. The maximum Gasteiger partial charge on any atom is 0.164 e. The van der Waals surface area contributed by atoms with Crippen molar-refractivity contribution in [2.24, 2.45) is 16.7 Å². The van der Waals surface area contributed by atoms with Gasteiger partial charge in [0.1, 0.15) is 5.76 Å². The number of fused-ring (bicyclic) bond motifs is 2. The quantitative estimate of drug-likeness (QED) is 0.0816.